The summed E-state index contributed by atoms with van der Waals surface area (Å²) in [6, 6.07) is 7.11. The summed E-state index contributed by atoms with van der Waals surface area (Å²) in [4.78, 5) is 34.7. The van der Waals surface area contributed by atoms with Crippen LogP contribution >= 0.6 is 0 Å². The zero-order valence-corrected chi connectivity index (χ0v) is 18.1. The van der Waals surface area contributed by atoms with Crippen LogP contribution < -0.4 is 10.1 Å². The van der Waals surface area contributed by atoms with Gasteiger partial charge >= 0.3 is 0 Å². The minimum Gasteiger partial charge on any atom is -0.490 e. The van der Waals surface area contributed by atoms with Crippen molar-refractivity contribution in [1.82, 2.24) is 20.2 Å². The predicted molar refractivity (Wildman–Crippen MR) is 116 cm³/mol. The maximum atomic E-state index is 12.5. The Morgan fingerprint density at radius 1 is 1.19 bits per heavy atom. The summed E-state index contributed by atoms with van der Waals surface area (Å²) in [6.07, 6.45) is 7.67. The summed E-state index contributed by atoms with van der Waals surface area (Å²) in [7, 11) is 1.60. The Hall–Kier alpha value is -3.00. The van der Waals surface area contributed by atoms with Gasteiger partial charge < -0.3 is 19.7 Å². The second-order valence-corrected chi connectivity index (χ2v) is 7.74. The average Bonchev–Trinajstić information content (AvgIpc) is 2.79. The number of aromatic nitrogens is 2. The normalized spacial score (nSPS) is 15.4. The van der Waals surface area contributed by atoms with E-state index in [4.69, 9.17) is 9.47 Å². The largest absolute Gasteiger partial charge is 0.490 e. The van der Waals surface area contributed by atoms with Crippen LogP contribution in [0.15, 0.2) is 42.9 Å². The zero-order valence-electron chi connectivity index (χ0n) is 18.1. The number of rotatable bonds is 9. The fraction of sp³-hybridized carbons (Fsp3) is 0.478. The molecule has 1 aromatic carbocycles. The second kappa shape index (κ2) is 11.4. The molecule has 2 amide bonds. The Kier molecular flexibility index (Phi) is 8.35. The molecule has 1 saturated heterocycles. The van der Waals surface area contributed by atoms with Gasteiger partial charge in [-0.05, 0) is 31.2 Å². The van der Waals surface area contributed by atoms with Crippen LogP contribution in [0.4, 0.5) is 0 Å². The van der Waals surface area contributed by atoms with Crippen LogP contribution in [0.25, 0.3) is 0 Å². The van der Waals surface area contributed by atoms with Gasteiger partial charge in [0.2, 0.25) is 5.91 Å². The van der Waals surface area contributed by atoms with Crippen LogP contribution in [-0.2, 0) is 16.0 Å². The Morgan fingerprint density at radius 2 is 1.94 bits per heavy atom. The van der Waals surface area contributed by atoms with Crippen LogP contribution in [0.1, 0.15) is 42.2 Å². The first kappa shape index (κ1) is 22.7. The number of likely N-dealkylation sites (tertiary alicyclic amines) is 1. The molecule has 31 heavy (non-hydrogen) atoms. The van der Waals surface area contributed by atoms with E-state index in [9.17, 15) is 9.59 Å². The summed E-state index contributed by atoms with van der Waals surface area (Å²) in [5.41, 5.74) is 1.42. The third-order valence-corrected chi connectivity index (χ3v) is 5.24. The molecule has 8 nitrogen and oxygen atoms in total. The maximum Gasteiger partial charge on any atom is 0.251 e. The van der Waals surface area contributed by atoms with Crippen LogP contribution in [-0.4, -0.2) is 65.6 Å². The summed E-state index contributed by atoms with van der Waals surface area (Å²) >= 11 is 0. The van der Waals surface area contributed by atoms with Crippen molar-refractivity contribution in [3.05, 3.63) is 54.1 Å². The van der Waals surface area contributed by atoms with Crippen molar-refractivity contribution >= 4 is 11.8 Å². The van der Waals surface area contributed by atoms with Crippen molar-refractivity contribution in [1.29, 1.82) is 0 Å². The summed E-state index contributed by atoms with van der Waals surface area (Å²) < 4.78 is 11.0. The van der Waals surface area contributed by atoms with E-state index < -0.39 is 0 Å². The molecule has 1 aliphatic rings. The van der Waals surface area contributed by atoms with Crippen molar-refractivity contribution in [3.63, 3.8) is 0 Å². The minimum absolute atomic E-state index is 0.0584. The van der Waals surface area contributed by atoms with Crippen LogP contribution in [0.5, 0.6) is 5.75 Å². The maximum absolute atomic E-state index is 12.5. The molecule has 1 atom stereocenters. The fourth-order valence-electron chi connectivity index (χ4n) is 3.56. The van der Waals surface area contributed by atoms with E-state index in [1.807, 2.05) is 24.0 Å². The lowest BCUT2D eigenvalue weighted by Gasteiger charge is -2.32. The lowest BCUT2D eigenvalue weighted by molar-refractivity contribution is -0.133. The first-order valence-corrected chi connectivity index (χ1v) is 10.6. The summed E-state index contributed by atoms with van der Waals surface area (Å²) in [6.45, 7) is 3.78. The molecule has 1 aromatic heterocycles. The Bertz CT molecular complexity index is 836. The minimum atomic E-state index is -0.134. The predicted octanol–water partition coefficient (Wildman–Crippen LogP) is 2.24. The first-order valence-electron chi connectivity index (χ1n) is 10.6. The number of amides is 2. The van der Waals surface area contributed by atoms with Crippen molar-refractivity contribution in [2.45, 2.75) is 44.8 Å². The smallest absolute Gasteiger partial charge is 0.251 e. The Balaban J connectivity index is 1.44. The van der Waals surface area contributed by atoms with Gasteiger partial charge in [0.25, 0.3) is 5.91 Å². The van der Waals surface area contributed by atoms with Gasteiger partial charge in [-0.1, -0.05) is 0 Å². The highest BCUT2D eigenvalue weighted by Gasteiger charge is 2.23. The number of hydrogen-bond donors (Lipinski definition) is 1. The van der Waals surface area contributed by atoms with Crippen molar-refractivity contribution in [3.8, 4) is 5.75 Å². The molecule has 1 fully saturated rings. The van der Waals surface area contributed by atoms with E-state index in [0.29, 0.717) is 38.1 Å². The molecule has 0 spiro atoms. The van der Waals surface area contributed by atoms with E-state index in [1.165, 1.54) is 0 Å². The SMILES string of the molecule is COCCC(=O)N1CCC(Oc2ccc(C(=O)N[C@@H](C)Cc3cnccn3)cc2)CC1. The van der Waals surface area contributed by atoms with Gasteiger partial charge in [0, 0.05) is 69.7 Å². The van der Waals surface area contributed by atoms with E-state index in [-0.39, 0.29) is 24.0 Å². The topological polar surface area (TPSA) is 93.6 Å². The summed E-state index contributed by atoms with van der Waals surface area (Å²) in [5.74, 6) is 0.725. The molecule has 0 bridgehead atoms. The molecule has 8 heteroatoms. The average molecular weight is 427 g/mol. The van der Waals surface area contributed by atoms with Crippen molar-refractivity contribution in [2.24, 2.45) is 0 Å². The number of carbonyl (C=O) groups is 2. The number of piperidine rings is 1. The third kappa shape index (κ3) is 7.03. The molecule has 0 aliphatic carbocycles. The monoisotopic (exact) mass is 426 g/mol. The van der Waals surface area contributed by atoms with Gasteiger partial charge in [0.1, 0.15) is 11.9 Å². The van der Waals surface area contributed by atoms with Gasteiger partial charge in [-0.25, -0.2) is 0 Å². The number of hydrogen-bond acceptors (Lipinski definition) is 6. The summed E-state index contributed by atoms with van der Waals surface area (Å²) in [5, 5.41) is 2.98. The number of methoxy groups -OCH3 is 1. The van der Waals surface area contributed by atoms with E-state index in [0.717, 1.165) is 24.3 Å². The van der Waals surface area contributed by atoms with Crippen LogP contribution in [0, 0.1) is 0 Å². The van der Waals surface area contributed by atoms with E-state index in [2.05, 4.69) is 15.3 Å². The lowest BCUT2D eigenvalue weighted by atomic mass is 10.1. The molecule has 0 radical (unpaired) electrons. The number of nitrogens with zero attached hydrogens (tertiary/aromatic N) is 3. The van der Waals surface area contributed by atoms with E-state index >= 15 is 0 Å². The molecule has 0 unspecified atom stereocenters. The molecule has 166 valence electrons. The third-order valence-electron chi connectivity index (χ3n) is 5.24. The van der Waals surface area contributed by atoms with Crippen molar-refractivity contribution in [2.75, 3.05) is 26.8 Å². The number of benzene rings is 1. The highest BCUT2D eigenvalue weighted by atomic mass is 16.5. The Morgan fingerprint density at radius 3 is 2.58 bits per heavy atom. The quantitative estimate of drug-likeness (QED) is 0.661. The molecule has 2 aromatic rings. The number of ether oxygens (including phenoxy) is 2. The zero-order chi connectivity index (χ0) is 22.1. The molecule has 3 rings (SSSR count). The molecule has 0 saturated carbocycles. The van der Waals surface area contributed by atoms with Crippen LogP contribution in [0.2, 0.25) is 0 Å². The number of carbonyl (C=O) groups excluding carboxylic acids is 2. The second-order valence-electron chi connectivity index (χ2n) is 7.74. The highest BCUT2D eigenvalue weighted by molar-refractivity contribution is 5.94. The van der Waals surface area contributed by atoms with Gasteiger partial charge in [0.15, 0.2) is 0 Å². The van der Waals surface area contributed by atoms with Gasteiger partial charge in [0.05, 0.1) is 18.7 Å². The molecule has 2 heterocycles. The highest BCUT2D eigenvalue weighted by Crippen LogP contribution is 2.20. The first-order chi connectivity index (χ1) is 15.0. The van der Waals surface area contributed by atoms with Gasteiger partial charge in [-0.15, -0.1) is 0 Å². The van der Waals surface area contributed by atoms with Crippen molar-refractivity contribution < 1.29 is 19.1 Å². The molecule has 1 N–H and O–H groups in total. The van der Waals surface area contributed by atoms with Crippen LogP contribution in [0.3, 0.4) is 0 Å². The fourth-order valence-corrected chi connectivity index (χ4v) is 3.56. The van der Waals surface area contributed by atoms with E-state index in [1.54, 1.807) is 37.8 Å². The Labute approximate surface area is 183 Å². The van der Waals surface area contributed by atoms with Gasteiger partial charge in [-0.2, -0.15) is 0 Å². The number of nitrogens with one attached hydrogen (secondary N) is 1. The lowest BCUT2D eigenvalue weighted by Crippen LogP contribution is -2.42. The molecule has 1 aliphatic heterocycles. The molecular weight excluding hydrogens is 396 g/mol. The van der Waals surface area contributed by atoms with Gasteiger partial charge in [-0.3, -0.25) is 19.6 Å². The standard InChI is InChI=1S/C23H30N4O4/c1-17(15-19-16-24-10-11-25-19)26-23(29)18-3-5-20(6-4-18)31-21-7-12-27(13-8-21)22(28)9-14-30-2/h3-6,10-11,16-17,21H,7-9,12-15H2,1-2H3,(H,26,29)/t17-/m0/s1. The molecular formula is C23H30N4O4.